The van der Waals surface area contributed by atoms with Crippen molar-refractivity contribution in [3.8, 4) is 22.6 Å². The monoisotopic (exact) mass is 256 g/mol. The molecular weight excluding hydrogens is 236 g/mol. The third-order valence-electron chi connectivity index (χ3n) is 3.24. The smallest absolute Gasteiger partial charge is 0.127 e. The van der Waals surface area contributed by atoms with Crippen LogP contribution in [0.1, 0.15) is 18.1 Å². The van der Waals surface area contributed by atoms with Crippen LogP contribution in [0.5, 0.6) is 11.5 Å². The van der Waals surface area contributed by atoms with Crippen molar-refractivity contribution in [2.45, 2.75) is 20.8 Å². The van der Waals surface area contributed by atoms with E-state index < -0.39 is 0 Å². The molecule has 2 rings (SSSR count). The first-order valence-corrected chi connectivity index (χ1v) is 6.55. The zero-order valence-electron chi connectivity index (χ0n) is 12.0. The van der Waals surface area contributed by atoms with Gasteiger partial charge in [-0.1, -0.05) is 24.3 Å². The van der Waals surface area contributed by atoms with Gasteiger partial charge >= 0.3 is 0 Å². The Balaban J connectivity index is 2.71. The van der Waals surface area contributed by atoms with Crippen LogP contribution in [0.2, 0.25) is 0 Å². The summed E-state index contributed by atoms with van der Waals surface area (Å²) in [5, 5.41) is 0. The van der Waals surface area contributed by atoms with E-state index in [0.29, 0.717) is 6.61 Å². The maximum absolute atomic E-state index is 5.77. The van der Waals surface area contributed by atoms with E-state index in [1.807, 2.05) is 31.2 Å². The molecule has 0 atom stereocenters. The van der Waals surface area contributed by atoms with Crippen molar-refractivity contribution in [2.24, 2.45) is 0 Å². The van der Waals surface area contributed by atoms with Gasteiger partial charge in [0.2, 0.25) is 0 Å². The van der Waals surface area contributed by atoms with Crippen LogP contribution in [0.3, 0.4) is 0 Å². The predicted molar refractivity (Wildman–Crippen MR) is 79.1 cm³/mol. The van der Waals surface area contributed by atoms with Gasteiger partial charge in [-0.15, -0.1) is 0 Å². The first kappa shape index (κ1) is 13.5. The molecule has 2 nitrogen and oxygen atoms in total. The van der Waals surface area contributed by atoms with E-state index in [0.717, 1.165) is 22.6 Å². The summed E-state index contributed by atoms with van der Waals surface area (Å²) in [6, 6.07) is 12.2. The van der Waals surface area contributed by atoms with Crippen LogP contribution in [-0.4, -0.2) is 13.7 Å². The Morgan fingerprint density at radius 2 is 1.37 bits per heavy atom. The highest BCUT2D eigenvalue weighted by molar-refractivity contribution is 5.81. The number of methoxy groups -OCH3 is 1. The fraction of sp³-hybridized carbons (Fsp3) is 0.294. The lowest BCUT2D eigenvalue weighted by Gasteiger charge is -2.17. The van der Waals surface area contributed by atoms with Crippen molar-refractivity contribution >= 4 is 0 Å². The lowest BCUT2D eigenvalue weighted by Crippen LogP contribution is -1.98. The summed E-state index contributed by atoms with van der Waals surface area (Å²) in [4.78, 5) is 0. The van der Waals surface area contributed by atoms with Gasteiger partial charge in [-0.25, -0.2) is 0 Å². The van der Waals surface area contributed by atoms with E-state index in [2.05, 4.69) is 26.0 Å². The minimum absolute atomic E-state index is 0.657. The van der Waals surface area contributed by atoms with Crippen molar-refractivity contribution in [1.82, 2.24) is 0 Å². The lowest BCUT2D eigenvalue weighted by molar-refractivity contribution is 0.341. The minimum Gasteiger partial charge on any atom is -0.496 e. The van der Waals surface area contributed by atoms with Gasteiger partial charge in [0, 0.05) is 11.1 Å². The highest BCUT2D eigenvalue weighted by Gasteiger charge is 2.15. The topological polar surface area (TPSA) is 18.5 Å². The van der Waals surface area contributed by atoms with E-state index in [-0.39, 0.29) is 0 Å². The molecule has 2 aromatic rings. The molecule has 19 heavy (non-hydrogen) atoms. The summed E-state index contributed by atoms with van der Waals surface area (Å²) in [7, 11) is 1.71. The quantitative estimate of drug-likeness (QED) is 0.808. The summed E-state index contributed by atoms with van der Waals surface area (Å²) in [5.74, 6) is 1.80. The number of hydrogen-bond donors (Lipinski definition) is 0. The number of aryl methyl sites for hydroxylation is 2. The largest absolute Gasteiger partial charge is 0.496 e. The van der Waals surface area contributed by atoms with Crippen LogP contribution >= 0.6 is 0 Å². The second-order valence-electron chi connectivity index (χ2n) is 4.53. The molecule has 0 spiro atoms. The molecule has 0 radical (unpaired) electrons. The molecule has 0 amide bonds. The van der Waals surface area contributed by atoms with Gasteiger partial charge in [-0.3, -0.25) is 0 Å². The van der Waals surface area contributed by atoms with E-state index in [9.17, 15) is 0 Å². The fourth-order valence-electron chi connectivity index (χ4n) is 2.37. The van der Waals surface area contributed by atoms with Crippen molar-refractivity contribution < 1.29 is 9.47 Å². The molecule has 0 bridgehead atoms. The Kier molecular flexibility index (Phi) is 4.10. The Hall–Kier alpha value is -1.96. The zero-order valence-corrected chi connectivity index (χ0v) is 12.0. The minimum atomic E-state index is 0.657. The second-order valence-corrected chi connectivity index (χ2v) is 4.53. The highest BCUT2D eigenvalue weighted by atomic mass is 16.5. The average Bonchev–Trinajstić information content (AvgIpc) is 2.40. The third kappa shape index (κ3) is 2.58. The third-order valence-corrected chi connectivity index (χ3v) is 3.24. The number of rotatable bonds is 4. The molecule has 0 fully saturated rings. The number of hydrogen-bond acceptors (Lipinski definition) is 2. The highest BCUT2D eigenvalue weighted by Crippen LogP contribution is 2.40. The zero-order chi connectivity index (χ0) is 13.8. The molecule has 100 valence electrons. The summed E-state index contributed by atoms with van der Waals surface area (Å²) in [6.07, 6.45) is 0. The Labute approximate surface area is 115 Å². The van der Waals surface area contributed by atoms with Crippen LogP contribution in [0.25, 0.3) is 11.1 Å². The standard InChI is InChI=1S/C17H20O2/c1-5-19-15-11-7-9-13(3)17(15)16-12(2)8-6-10-14(16)18-4/h6-11H,5H2,1-4H3. The van der Waals surface area contributed by atoms with Crippen LogP contribution in [-0.2, 0) is 0 Å². The van der Waals surface area contributed by atoms with E-state index >= 15 is 0 Å². The van der Waals surface area contributed by atoms with Gasteiger partial charge in [0.1, 0.15) is 11.5 Å². The molecule has 0 saturated carbocycles. The van der Waals surface area contributed by atoms with Crippen molar-refractivity contribution in [3.63, 3.8) is 0 Å². The van der Waals surface area contributed by atoms with Crippen LogP contribution < -0.4 is 9.47 Å². The molecule has 0 unspecified atom stereocenters. The Bertz CT molecular complexity index is 573. The molecule has 0 N–H and O–H groups in total. The summed E-state index contributed by atoms with van der Waals surface area (Å²) in [5.41, 5.74) is 4.62. The molecule has 0 aliphatic rings. The maximum Gasteiger partial charge on any atom is 0.127 e. The van der Waals surface area contributed by atoms with Crippen LogP contribution in [0.15, 0.2) is 36.4 Å². The average molecular weight is 256 g/mol. The Morgan fingerprint density at radius 1 is 0.842 bits per heavy atom. The van der Waals surface area contributed by atoms with Gasteiger partial charge in [-0.05, 0) is 44.0 Å². The van der Waals surface area contributed by atoms with Gasteiger partial charge in [0.05, 0.1) is 13.7 Å². The van der Waals surface area contributed by atoms with Gasteiger partial charge in [0.25, 0.3) is 0 Å². The Morgan fingerprint density at radius 3 is 1.89 bits per heavy atom. The molecule has 0 heterocycles. The normalized spacial score (nSPS) is 10.3. The molecule has 0 saturated heterocycles. The maximum atomic E-state index is 5.77. The molecule has 0 aliphatic heterocycles. The second kappa shape index (κ2) is 5.79. The van der Waals surface area contributed by atoms with Gasteiger partial charge < -0.3 is 9.47 Å². The van der Waals surface area contributed by atoms with Gasteiger partial charge in [-0.2, -0.15) is 0 Å². The molecule has 2 heteroatoms. The van der Waals surface area contributed by atoms with Crippen molar-refractivity contribution in [2.75, 3.05) is 13.7 Å². The molecule has 0 aliphatic carbocycles. The van der Waals surface area contributed by atoms with Gasteiger partial charge in [0.15, 0.2) is 0 Å². The summed E-state index contributed by atoms with van der Waals surface area (Å²) >= 11 is 0. The molecular formula is C17H20O2. The van der Waals surface area contributed by atoms with Crippen LogP contribution in [0, 0.1) is 13.8 Å². The van der Waals surface area contributed by atoms with E-state index in [4.69, 9.17) is 9.47 Å². The van der Waals surface area contributed by atoms with Crippen molar-refractivity contribution in [3.05, 3.63) is 47.5 Å². The first-order chi connectivity index (χ1) is 9.19. The van der Waals surface area contributed by atoms with Crippen molar-refractivity contribution in [1.29, 1.82) is 0 Å². The SMILES string of the molecule is CCOc1cccc(C)c1-c1c(C)cccc1OC. The summed E-state index contributed by atoms with van der Waals surface area (Å²) < 4.78 is 11.3. The lowest BCUT2D eigenvalue weighted by atomic mass is 9.95. The van der Waals surface area contributed by atoms with E-state index in [1.54, 1.807) is 7.11 Å². The number of ether oxygens (including phenoxy) is 2. The predicted octanol–water partition coefficient (Wildman–Crippen LogP) is 4.38. The number of benzene rings is 2. The molecule has 2 aromatic carbocycles. The first-order valence-electron chi connectivity index (χ1n) is 6.55. The fourth-order valence-corrected chi connectivity index (χ4v) is 2.37. The summed E-state index contributed by atoms with van der Waals surface area (Å²) in [6.45, 7) is 6.86. The molecule has 0 aromatic heterocycles. The van der Waals surface area contributed by atoms with Crippen LogP contribution in [0.4, 0.5) is 0 Å². The van der Waals surface area contributed by atoms with E-state index in [1.165, 1.54) is 11.1 Å².